The van der Waals surface area contributed by atoms with Crippen molar-refractivity contribution in [3.63, 3.8) is 0 Å². The van der Waals surface area contributed by atoms with E-state index in [-0.39, 0.29) is 18.2 Å². The zero-order chi connectivity index (χ0) is 25.9. The molecule has 0 fully saturated rings. The van der Waals surface area contributed by atoms with Gasteiger partial charge in [0.25, 0.3) is 0 Å². The SMILES string of the molecule is NC(CCCCNc1ccc(CC(=O)C(O)C(N)Cc2ccccc2)cc1)Cc1cc(F)ccc1F. The monoisotopic (exact) mass is 495 g/mol. The lowest BCUT2D eigenvalue weighted by Crippen LogP contribution is -2.42. The predicted octanol–water partition coefficient (Wildman–Crippen LogP) is 4.16. The minimum Gasteiger partial charge on any atom is -0.385 e. The first-order valence-electron chi connectivity index (χ1n) is 12.3. The molecule has 6 N–H and O–H groups in total. The molecule has 0 saturated heterocycles. The van der Waals surface area contributed by atoms with Crippen molar-refractivity contribution in [1.82, 2.24) is 0 Å². The van der Waals surface area contributed by atoms with Crippen LogP contribution in [0.5, 0.6) is 0 Å². The molecule has 0 bridgehead atoms. The second kappa shape index (κ2) is 13.8. The van der Waals surface area contributed by atoms with E-state index in [0.29, 0.717) is 24.8 Å². The summed E-state index contributed by atoms with van der Waals surface area (Å²) in [5.41, 5.74) is 15.2. The summed E-state index contributed by atoms with van der Waals surface area (Å²) in [4.78, 5) is 12.5. The number of nitrogens with one attached hydrogen (secondary N) is 1. The molecule has 0 aliphatic heterocycles. The maximum atomic E-state index is 13.7. The smallest absolute Gasteiger partial charge is 0.167 e. The normalized spacial score (nSPS) is 13.7. The second-order valence-electron chi connectivity index (χ2n) is 9.26. The number of anilines is 1. The van der Waals surface area contributed by atoms with Crippen LogP contribution in [0.2, 0.25) is 0 Å². The lowest BCUT2D eigenvalue weighted by Gasteiger charge is -2.18. The van der Waals surface area contributed by atoms with Gasteiger partial charge in [-0.25, -0.2) is 8.78 Å². The minimum absolute atomic E-state index is 0.119. The number of aliphatic hydroxyl groups excluding tert-OH is 1. The Morgan fingerprint density at radius 1 is 0.889 bits per heavy atom. The van der Waals surface area contributed by atoms with Gasteiger partial charge in [-0.05, 0) is 72.7 Å². The molecule has 3 aromatic rings. The third-order valence-corrected chi connectivity index (χ3v) is 6.20. The third kappa shape index (κ3) is 8.82. The van der Waals surface area contributed by atoms with Gasteiger partial charge in [-0.15, -0.1) is 0 Å². The number of hydrogen-bond donors (Lipinski definition) is 4. The number of unbranched alkanes of at least 4 members (excludes halogenated alkanes) is 1. The lowest BCUT2D eigenvalue weighted by molar-refractivity contribution is -0.127. The number of hydrogen-bond acceptors (Lipinski definition) is 5. The van der Waals surface area contributed by atoms with Gasteiger partial charge >= 0.3 is 0 Å². The van der Waals surface area contributed by atoms with Crippen LogP contribution in [0.15, 0.2) is 72.8 Å². The van der Waals surface area contributed by atoms with Gasteiger partial charge in [-0.1, -0.05) is 48.9 Å². The van der Waals surface area contributed by atoms with Crippen LogP contribution in [0.4, 0.5) is 14.5 Å². The molecule has 192 valence electrons. The number of Topliss-reactive ketones (excluding diaryl/α,β-unsaturated/α-hetero) is 1. The molecule has 0 heterocycles. The predicted molar refractivity (Wildman–Crippen MR) is 140 cm³/mol. The van der Waals surface area contributed by atoms with Crippen molar-refractivity contribution in [2.24, 2.45) is 11.5 Å². The van der Waals surface area contributed by atoms with Gasteiger partial charge in [0.15, 0.2) is 5.78 Å². The first-order chi connectivity index (χ1) is 17.3. The molecular formula is C29H35F2N3O2. The third-order valence-electron chi connectivity index (χ3n) is 6.20. The van der Waals surface area contributed by atoms with Gasteiger partial charge in [0.2, 0.25) is 0 Å². The molecule has 0 amide bonds. The Labute approximate surface area is 211 Å². The molecule has 3 unspecified atom stereocenters. The maximum absolute atomic E-state index is 13.7. The fraction of sp³-hybridized carbons (Fsp3) is 0.345. The van der Waals surface area contributed by atoms with Crippen molar-refractivity contribution in [2.75, 3.05) is 11.9 Å². The first-order valence-corrected chi connectivity index (χ1v) is 12.3. The molecule has 3 rings (SSSR count). The van der Waals surface area contributed by atoms with Crippen molar-refractivity contribution in [2.45, 2.75) is 56.7 Å². The fourth-order valence-electron chi connectivity index (χ4n) is 4.13. The van der Waals surface area contributed by atoms with E-state index in [4.69, 9.17) is 11.5 Å². The summed E-state index contributed by atoms with van der Waals surface area (Å²) < 4.78 is 27.0. The summed E-state index contributed by atoms with van der Waals surface area (Å²) in [7, 11) is 0. The van der Waals surface area contributed by atoms with Crippen molar-refractivity contribution in [3.05, 3.63) is 101 Å². The van der Waals surface area contributed by atoms with Gasteiger partial charge in [0, 0.05) is 30.7 Å². The average molecular weight is 496 g/mol. The van der Waals surface area contributed by atoms with E-state index < -0.39 is 23.8 Å². The zero-order valence-electron chi connectivity index (χ0n) is 20.4. The van der Waals surface area contributed by atoms with Crippen LogP contribution in [-0.2, 0) is 24.1 Å². The number of halogens is 2. The zero-order valence-corrected chi connectivity index (χ0v) is 20.4. The molecule has 3 atom stereocenters. The number of rotatable bonds is 14. The highest BCUT2D eigenvalue weighted by Gasteiger charge is 2.23. The number of ketones is 1. The van der Waals surface area contributed by atoms with Gasteiger partial charge in [0.1, 0.15) is 17.7 Å². The van der Waals surface area contributed by atoms with Crippen LogP contribution in [-0.4, -0.2) is 35.6 Å². The summed E-state index contributed by atoms with van der Waals surface area (Å²) >= 11 is 0. The molecule has 3 aromatic carbocycles. The largest absolute Gasteiger partial charge is 0.385 e. The maximum Gasteiger partial charge on any atom is 0.167 e. The van der Waals surface area contributed by atoms with Crippen molar-refractivity contribution in [3.8, 4) is 0 Å². The Balaban J connectivity index is 1.34. The number of aliphatic hydroxyl groups is 1. The van der Waals surface area contributed by atoms with Crippen molar-refractivity contribution >= 4 is 11.5 Å². The quantitative estimate of drug-likeness (QED) is 0.252. The number of benzene rings is 3. The van der Waals surface area contributed by atoms with Gasteiger partial charge < -0.3 is 21.9 Å². The van der Waals surface area contributed by atoms with E-state index in [9.17, 15) is 18.7 Å². The number of carbonyl (C=O) groups is 1. The summed E-state index contributed by atoms with van der Waals surface area (Å²) in [6.07, 6.45) is 2.10. The Morgan fingerprint density at radius 3 is 2.33 bits per heavy atom. The molecule has 36 heavy (non-hydrogen) atoms. The number of nitrogens with two attached hydrogens (primary N) is 2. The van der Waals surface area contributed by atoms with Crippen LogP contribution >= 0.6 is 0 Å². The Hall–Kier alpha value is -3.13. The minimum atomic E-state index is -1.22. The second-order valence-corrected chi connectivity index (χ2v) is 9.26. The van der Waals surface area contributed by atoms with E-state index in [1.54, 1.807) is 0 Å². The average Bonchev–Trinajstić information content (AvgIpc) is 2.87. The van der Waals surface area contributed by atoms with Crippen LogP contribution < -0.4 is 16.8 Å². The molecule has 0 aliphatic rings. The van der Waals surface area contributed by atoms with E-state index in [1.807, 2.05) is 54.6 Å². The number of carbonyl (C=O) groups excluding carboxylic acids is 1. The Kier molecular flexibility index (Phi) is 10.5. The highest BCUT2D eigenvalue weighted by molar-refractivity contribution is 5.85. The summed E-state index contributed by atoms with van der Waals surface area (Å²) in [6, 6.07) is 19.6. The highest BCUT2D eigenvalue weighted by Crippen LogP contribution is 2.15. The molecule has 5 nitrogen and oxygen atoms in total. The molecule has 0 aromatic heterocycles. The van der Waals surface area contributed by atoms with Crippen LogP contribution in [0.1, 0.15) is 36.0 Å². The fourth-order valence-corrected chi connectivity index (χ4v) is 4.13. The van der Waals surface area contributed by atoms with Crippen LogP contribution in [0, 0.1) is 11.6 Å². The first kappa shape index (κ1) is 27.5. The Morgan fingerprint density at radius 2 is 1.61 bits per heavy atom. The molecule has 0 spiro atoms. The van der Waals surface area contributed by atoms with Crippen LogP contribution in [0.3, 0.4) is 0 Å². The van der Waals surface area contributed by atoms with Crippen molar-refractivity contribution < 1.29 is 18.7 Å². The molecular weight excluding hydrogens is 460 g/mol. The van der Waals surface area contributed by atoms with Gasteiger partial charge in [0.05, 0.1) is 0 Å². The summed E-state index contributed by atoms with van der Waals surface area (Å²) in [6.45, 7) is 0.742. The standard InChI is InChI=1S/C29H35F2N3O2/c30-23-11-14-26(31)22(18-23)19-24(32)8-4-5-15-34-25-12-9-21(10-13-25)17-28(35)29(36)27(33)16-20-6-2-1-3-7-20/h1-3,6-7,9-14,18,24,27,29,34,36H,4-5,8,15-17,19,32-33H2. The van der Waals surface area contributed by atoms with E-state index in [0.717, 1.165) is 48.3 Å². The molecule has 7 heteroatoms. The van der Waals surface area contributed by atoms with Crippen molar-refractivity contribution in [1.29, 1.82) is 0 Å². The van der Waals surface area contributed by atoms with Crippen LogP contribution in [0.25, 0.3) is 0 Å². The van der Waals surface area contributed by atoms with E-state index in [1.165, 1.54) is 6.07 Å². The van der Waals surface area contributed by atoms with E-state index >= 15 is 0 Å². The summed E-state index contributed by atoms with van der Waals surface area (Å²) in [5.74, 6) is -1.18. The Bertz CT molecular complexity index is 1090. The lowest BCUT2D eigenvalue weighted by atomic mass is 9.96. The highest BCUT2D eigenvalue weighted by atomic mass is 19.1. The topological polar surface area (TPSA) is 101 Å². The summed E-state index contributed by atoms with van der Waals surface area (Å²) in [5, 5.41) is 13.7. The van der Waals surface area contributed by atoms with Gasteiger partial charge in [-0.2, -0.15) is 0 Å². The molecule has 0 radical (unpaired) electrons. The van der Waals surface area contributed by atoms with E-state index in [2.05, 4.69) is 5.32 Å². The molecule has 0 aliphatic carbocycles. The molecule has 0 saturated carbocycles. The van der Waals surface area contributed by atoms with Gasteiger partial charge in [-0.3, -0.25) is 4.79 Å².